The van der Waals surface area contributed by atoms with E-state index in [0.29, 0.717) is 12.1 Å². The van der Waals surface area contributed by atoms with Crippen molar-refractivity contribution in [1.82, 2.24) is 9.80 Å². The number of benzene rings is 2. The smallest absolute Gasteiger partial charge is 0.255 e. The van der Waals surface area contributed by atoms with E-state index in [0.717, 1.165) is 44.6 Å². The molecule has 2 aliphatic rings. The molecule has 2 heterocycles. The number of fused-ring (bicyclic) bond motifs is 1. The Kier molecular flexibility index (Phi) is 5.60. The molecule has 0 aliphatic carbocycles. The lowest BCUT2D eigenvalue weighted by Gasteiger charge is -2.29. The van der Waals surface area contributed by atoms with Crippen molar-refractivity contribution in [2.75, 3.05) is 31.5 Å². The number of para-hydroxylation sites is 1. The molecule has 5 heteroatoms. The highest BCUT2D eigenvalue weighted by Gasteiger charge is 2.22. The SMILES string of the molecule is O=C(CNc1ccccc1C(=O)N1CCCCC1)N1CCc2ccccc2C1. The Hall–Kier alpha value is -2.82. The molecule has 0 saturated carbocycles. The fourth-order valence-corrected chi connectivity index (χ4v) is 4.08. The van der Waals surface area contributed by atoms with Crippen molar-refractivity contribution in [1.29, 1.82) is 0 Å². The van der Waals surface area contributed by atoms with Gasteiger partial charge in [-0.15, -0.1) is 0 Å². The molecule has 0 atom stereocenters. The topological polar surface area (TPSA) is 52.7 Å². The second-order valence-electron chi connectivity index (χ2n) is 7.59. The molecule has 0 radical (unpaired) electrons. The lowest BCUT2D eigenvalue weighted by atomic mass is 10.00. The molecule has 1 N–H and O–H groups in total. The van der Waals surface area contributed by atoms with E-state index in [1.165, 1.54) is 17.5 Å². The van der Waals surface area contributed by atoms with E-state index in [2.05, 4.69) is 17.4 Å². The first kappa shape index (κ1) is 18.5. The van der Waals surface area contributed by atoms with Crippen molar-refractivity contribution in [3.05, 3.63) is 65.2 Å². The number of hydrogen-bond acceptors (Lipinski definition) is 3. The molecule has 2 amide bonds. The highest BCUT2D eigenvalue weighted by molar-refractivity contribution is 6.00. The Morgan fingerprint density at radius 2 is 1.54 bits per heavy atom. The van der Waals surface area contributed by atoms with Gasteiger partial charge in [-0.2, -0.15) is 0 Å². The summed E-state index contributed by atoms with van der Waals surface area (Å²) >= 11 is 0. The number of carbonyl (C=O) groups is 2. The normalized spacial score (nSPS) is 16.4. The molecule has 2 aliphatic heterocycles. The zero-order valence-electron chi connectivity index (χ0n) is 16.2. The maximum atomic E-state index is 12.9. The van der Waals surface area contributed by atoms with Crippen molar-refractivity contribution in [3.8, 4) is 0 Å². The van der Waals surface area contributed by atoms with E-state index >= 15 is 0 Å². The third kappa shape index (κ3) is 4.03. The molecule has 4 rings (SSSR count). The standard InChI is InChI=1S/C23H27N3O2/c27-22(26-15-12-18-8-2-3-9-19(18)17-26)16-24-21-11-5-4-10-20(21)23(28)25-13-6-1-7-14-25/h2-5,8-11,24H,1,6-7,12-17H2. The van der Waals surface area contributed by atoms with Gasteiger partial charge in [0.05, 0.1) is 12.1 Å². The molecule has 146 valence electrons. The van der Waals surface area contributed by atoms with Crippen LogP contribution >= 0.6 is 0 Å². The minimum atomic E-state index is 0.0575. The minimum absolute atomic E-state index is 0.0575. The van der Waals surface area contributed by atoms with E-state index in [4.69, 9.17) is 0 Å². The Bertz CT molecular complexity index is 858. The third-order valence-corrected chi connectivity index (χ3v) is 5.71. The van der Waals surface area contributed by atoms with E-state index in [9.17, 15) is 9.59 Å². The summed E-state index contributed by atoms with van der Waals surface area (Å²) in [7, 11) is 0. The number of nitrogens with zero attached hydrogens (tertiary/aromatic N) is 2. The van der Waals surface area contributed by atoms with Gasteiger partial charge in [0.2, 0.25) is 5.91 Å². The first-order chi connectivity index (χ1) is 13.7. The molecular formula is C23H27N3O2. The van der Waals surface area contributed by atoms with Crippen molar-refractivity contribution in [3.63, 3.8) is 0 Å². The number of likely N-dealkylation sites (tertiary alicyclic amines) is 1. The predicted octanol–water partition coefficient (Wildman–Crippen LogP) is 3.31. The highest BCUT2D eigenvalue weighted by atomic mass is 16.2. The first-order valence-electron chi connectivity index (χ1n) is 10.2. The minimum Gasteiger partial charge on any atom is -0.376 e. The number of amides is 2. The van der Waals surface area contributed by atoms with Crippen molar-refractivity contribution in [2.24, 2.45) is 0 Å². The lowest BCUT2D eigenvalue weighted by Crippen LogP contribution is -2.39. The lowest BCUT2D eigenvalue weighted by molar-refractivity contribution is -0.130. The molecule has 28 heavy (non-hydrogen) atoms. The number of piperidine rings is 1. The second-order valence-corrected chi connectivity index (χ2v) is 7.59. The number of hydrogen-bond donors (Lipinski definition) is 1. The number of rotatable bonds is 4. The van der Waals surface area contributed by atoms with Crippen LogP contribution in [0.15, 0.2) is 48.5 Å². The Labute approximate surface area is 166 Å². The fraction of sp³-hybridized carbons (Fsp3) is 0.391. The molecule has 0 aromatic heterocycles. The quantitative estimate of drug-likeness (QED) is 0.889. The van der Waals surface area contributed by atoms with Crippen LogP contribution in [-0.2, 0) is 17.8 Å². The Morgan fingerprint density at radius 3 is 2.36 bits per heavy atom. The summed E-state index contributed by atoms with van der Waals surface area (Å²) in [6, 6.07) is 15.8. The molecule has 0 bridgehead atoms. The summed E-state index contributed by atoms with van der Waals surface area (Å²) < 4.78 is 0. The molecule has 1 fully saturated rings. The maximum absolute atomic E-state index is 12.9. The summed E-state index contributed by atoms with van der Waals surface area (Å²) in [5.41, 5.74) is 3.95. The van der Waals surface area contributed by atoms with E-state index in [1.54, 1.807) is 0 Å². The molecule has 1 saturated heterocycles. The van der Waals surface area contributed by atoms with Crippen LogP contribution in [0, 0.1) is 0 Å². The van der Waals surface area contributed by atoms with Crippen molar-refractivity contribution < 1.29 is 9.59 Å². The van der Waals surface area contributed by atoms with Crippen LogP contribution in [0.5, 0.6) is 0 Å². The molecule has 2 aromatic carbocycles. The molecule has 0 spiro atoms. The van der Waals surface area contributed by atoms with Crippen LogP contribution in [0.1, 0.15) is 40.7 Å². The summed E-state index contributed by atoms with van der Waals surface area (Å²) in [6.45, 7) is 3.24. The van der Waals surface area contributed by atoms with Gasteiger partial charge in [0, 0.05) is 31.9 Å². The average Bonchev–Trinajstić information content (AvgIpc) is 2.77. The van der Waals surface area contributed by atoms with Gasteiger partial charge in [-0.05, 0) is 48.9 Å². The van der Waals surface area contributed by atoms with Gasteiger partial charge in [-0.1, -0.05) is 36.4 Å². The van der Waals surface area contributed by atoms with Gasteiger partial charge in [-0.25, -0.2) is 0 Å². The maximum Gasteiger partial charge on any atom is 0.255 e. The van der Waals surface area contributed by atoms with Crippen molar-refractivity contribution >= 4 is 17.5 Å². The van der Waals surface area contributed by atoms with Gasteiger partial charge in [0.1, 0.15) is 0 Å². The number of anilines is 1. The summed E-state index contributed by atoms with van der Waals surface area (Å²) in [6.07, 6.45) is 4.22. The van der Waals surface area contributed by atoms with E-state index in [-0.39, 0.29) is 18.4 Å². The van der Waals surface area contributed by atoms with Gasteiger partial charge < -0.3 is 15.1 Å². The van der Waals surface area contributed by atoms with Crippen LogP contribution in [0.3, 0.4) is 0 Å². The second kappa shape index (κ2) is 8.46. The third-order valence-electron chi connectivity index (χ3n) is 5.71. The molecular weight excluding hydrogens is 350 g/mol. The van der Waals surface area contributed by atoms with Crippen molar-refractivity contribution in [2.45, 2.75) is 32.2 Å². The van der Waals surface area contributed by atoms with E-state index < -0.39 is 0 Å². The number of carbonyl (C=O) groups excluding carboxylic acids is 2. The van der Waals surface area contributed by atoms with Gasteiger partial charge >= 0.3 is 0 Å². The predicted molar refractivity (Wildman–Crippen MR) is 110 cm³/mol. The highest BCUT2D eigenvalue weighted by Crippen LogP contribution is 2.21. The van der Waals surface area contributed by atoms with Crippen LogP contribution in [0.4, 0.5) is 5.69 Å². The summed E-state index contributed by atoms with van der Waals surface area (Å²) in [5.74, 6) is 0.122. The van der Waals surface area contributed by atoms with Gasteiger partial charge in [-0.3, -0.25) is 9.59 Å². The first-order valence-corrected chi connectivity index (χ1v) is 10.2. The van der Waals surface area contributed by atoms with E-state index in [1.807, 2.05) is 46.2 Å². The average molecular weight is 377 g/mol. The zero-order chi connectivity index (χ0) is 19.3. The summed E-state index contributed by atoms with van der Waals surface area (Å²) in [4.78, 5) is 29.4. The van der Waals surface area contributed by atoms with Gasteiger partial charge in [0.25, 0.3) is 5.91 Å². The van der Waals surface area contributed by atoms with Crippen LogP contribution in [0.2, 0.25) is 0 Å². The molecule has 2 aromatic rings. The largest absolute Gasteiger partial charge is 0.376 e. The number of nitrogens with one attached hydrogen (secondary N) is 1. The molecule has 0 unspecified atom stereocenters. The van der Waals surface area contributed by atoms with Crippen LogP contribution in [0.25, 0.3) is 0 Å². The van der Waals surface area contributed by atoms with Gasteiger partial charge in [0.15, 0.2) is 0 Å². The monoisotopic (exact) mass is 377 g/mol. The summed E-state index contributed by atoms with van der Waals surface area (Å²) in [5, 5.41) is 3.22. The van der Waals surface area contributed by atoms with Crippen LogP contribution in [-0.4, -0.2) is 47.8 Å². The fourth-order valence-electron chi connectivity index (χ4n) is 4.08. The zero-order valence-corrected chi connectivity index (χ0v) is 16.2. The van der Waals surface area contributed by atoms with Crippen LogP contribution < -0.4 is 5.32 Å². The Morgan fingerprint density at radius 1 is 0.821 bits per heavy atom. The Balaban J connectivity index is 1.40. The molecule has 5 nitrogen and oxygen atoms in total.